The maximum absolute atomic E-state index is 5.81. The predicted octanol–water partition coefficient (Wildman–Crippen LogP) is 2.99. The Morgan fingerprint density at radius 3 is 2.25 bits per heavy atom. The molecule has 0 amide bonds. The number of hydrogen-bond acceptors (Lipinski definition) is 1. The van der Waals surface area contributed by atoms with Crippen LogP contribution in [0, 0.1) is 11.8 Å². The van der Waals surface area contributed by atoms with Crippen molar-refractivity contribution in [1.82, 2.24) is 0 Å². The van der Waals surface area contributed by atoms with Crippen molar-refractivity contribution in [2.24, 2.45) is 11.8 Å². The third kappa shape index (κ3) is 1.82. The second-order valence-corrected chi connectivity index (χ2v) is 4.92. The van der Waals surface area contributed by atoms with E-state index >= 15 is 0 Å². The Morgan fingerprint density at radius 2 is 1.75 bits per heavy atom. The fourth-order valence-electron chi connectivity index (χ4n) is 2.83. The van der Waals surface area contributed by atoms with E-state index in [1.807, 2.05) is 0 Å². The lowest BCUT2D eigenvalue weighted by molar-refractivity contribution is -0.0231. The second-order valence-electron chi connectivity index (χ2n) is 4.92. The van der Waals surface area contributed by atoms with Crippen LogP contribution in [0.25, 0.3) is 0 Å². The zero-order chi connectivity index (χ0) is 8.55. The average molecular weight is 168 g/mol. The van der Waals surface area contributed by atoms with Gasteiger partial charge in [0.15, 0.2) is 0 Å². The number of hydrogen-bond donors (Lipinski definition) is 0. The molecule has 0 spiro atoms. The fraction of sp³-hybridized carbons (Fsp3) is 1.00. The summed E-state index contributed by atoms with van der Waals surface area (Å²) in [5, 5.41) is 0. The maximum atomic E-state index is 5.81. The summed E-state index contributed by atoms with van der Waals surface area (Å²) in [6, 6.07) is 0. The Morgan fingerprint density at radius 1 is 1.17 bits per heavy atom. The Labute approximate surface area is 75.5 Å². The van der Waals surface area contributed by atoms with Crippen molar-refractivity contribution in [2.75, 3.05) is 0 Å². The van der Waals surface area contributed by atoms with Crippen LogP contribution < -0.4 is 0 Å². The second kappa shape index (κ2) is 3.37. The van der Waals surface area contributed by atoms with Crippen LogP contribution in [0.4, 0.5) is 0 Å². The smallest absolute Gasteiger partial charge is 0.0582 e. The first-order chi connectivity index (χ1) is 5.74. The van der Waals surface area contributed by atoms with Gasteiger partial charge in [-0.25, -0.2) is 0 Å². The quantitative estimate of drug-likeness (QED) is 0.616. The van der Waals surface area contributed by atoms with E-state index in [-0.39, 0.29) is 0 Å². The molecule has 1 nitrogen and oxygen atoms in total. The molecular formula is C11H20O. The van der Waals surface area contributed by atoms with Crippen LogP contribution in [-0.2, 0) is 4.74 Å². The SMILES string of the molecule is CC(C)CC1CC2CCC(C1)O2. The Bertz CT molecular complexity index is 141. The first-order valence-electron chi connectivity index (χ1n) is 5.39. The van der Waals surface area contributed by atoms with Gasteiger partial charge < -0.3 is 4.74 Å². The van der Waals surface area contributed by atoms with Gasteiger partial charge in [0.1, 0.15) is 0 Å². The normalized spacial score (nSPS) is 40.8. The molecule has 0 aromatic heterocycles. The minimum Gasteiger partial charge on any atom is -0.375 e. The molecule has 0 saturated carbocycles. The highest BCUT2D eigenvalue weighted by atomic mass is 16.5. The lowest BCUT2D eigenvalue weighted by Crippen LogP contribution is -2.25. The molecule has 2 saturated heterocycles. The molecule has 0 N–H and O–H groups in total. The van der Waals surface area contributed by atoms with Crippen LogP contribution >= 0.6 is 0 Å². The van der Waals surface area contributed by atoms with E-state index < -0.39 is 0 Å². The number of rotatable bonds is 2. The van der Waals surface area contributed by atoms with Crippen molar-refractivity contribution < 1.29 is 4.74 Å². The van der Waals surface area contributed by atoms with Gasteiger partial charge in [-0.1, -0.05) is 13.8 Å². The Hall–Kier alpha value is -0.0400. The van der Waals surface area contributed by atoms with Gasteiger partial charge in [-0.2, -0.15) is 0 Å². The molecule has 2 bridgehead atoms. The monoisotopic (exact) mass is 168 g/mol. The third-order valence-corrected chi connectivity index (χ3v) is 3.19. The molecule has 2 fully saturated rings. The summed E-state index contributed by atoms with van der Waals surface area (Å²) < 4.78 is 5.81. The van der Waals surface area contributed by atoms with Crippen LogP contribution in [0.2, 0.25) is 0 Å². The standard InChI is InChI=1S/C11H20O/c1-8(2)5-9-6-10-3-4-11(7-9)12-10/h8-11H,3-7H2,1-2H3. The highest BCUT2D eigenvalue weighted by Crippen LogP contribution is 2.38. The molecule has 0 aromatic carbocycles. The van der Waals surface area contributed by atoms with Crippen LogP contribution in [-0.4, -0.2) is 12.2 Å². The lowest BCUT2D eigenvalue weighted by Gasteiger charge is -2.29. The van der Waals surface area contributed by atoms with Crippen molar-refractivity contribution in [3.05, 3.63) is 0 Å². The molecular weight excluding hydrogens is 148 g/mol. The van der Waals surface area contributed by atoms with E-state index in [0.717, 1.165) is 11.8 Å². The largest absolute Gasteiger partial charge is 0.375 e. The summed E-state index contributed by atoms with van der Waals surface area (Å²) in [5.74, 6) is 1.84. The minimum absolute atomic E-state index is 0.632. The van der Waals surface area contributed by atoms with Gasteiger partial charge in [0, 0.05) is 0 Å². The lowest BCUT2D eigenvalue weighted by atomic mass is 9.88. The van der Waals surface area contributed by atoms with Crippen LogP contribution in [0.3, 0.4) is 0 Å². The Kier molecular flexibility index (Phi) is 2.40. The van der Waals surface area contributed by atoms with E-state index in [1.165, 1.54) is 32.1 Å². The van der Waals surface area contributed by atoms with Crippen molar-refractivity contribution in [3.8, 4) is 0 Å². The number of fused-ring (bicyclic) bond motifs is 2. The van der Waals surface area contributed by atoms with Crippen molar-refractivity contribution >= 4 is 0 Å². The summed E-state index contributed by atoms with van der Waals surface area (Å²) in [7, 11) is 0. The average Bonchev–Trinajstić information content (AvgIpc) is 2.29. The summed E-state index contributed by atoms with van der Waals surface area (Å²) in [4.78, 5) is 0. The molecule has 70 valence electrons. The van der Waals surface area contributed by atoms with E-state index in [0.29, 0.717) is 12.2 Å². The van der Waals surface area contributed by atoms with Crippen molar-refractivity contribution in [3.63, 3.8) is 0 Å². The molecule has 2 atom stereocenters. The van der Waals surface area contributed by atoms with Crippen molar-refractivity contribution in [2.45, 2.75) is 58.2 Å². The molecule has 0 aromatic rings. The van der Waals surface area contributed by atoms with Crippen LogP contribution in [0.5, 0.6) is 0 Å². The summed E-state index contributed by atoms with van der Waals surface area (Å²) in [6.07, 6.45) is 8.03. The molecule has 2 heterocycles. The van der Waals surface area contributed by atoms with Gasteiger partial charge in [0.05, 0.1) is 12.2 Å². The van der Waals surface area contributed by atoms with Gasteiger partial charge in [-0.05, 0) is 43.9 Å². The van der Waals surface area contributed by atoms with E-state index in [1.54, 1.807) is 0 Å². The van der Waals surface area contributed by atoms with E-state index in [9.17, 15) is 0 Å². The molecule has 12 heavy (non-hydrogen) atoms. The summed E-state index contributed by atoms with van der Waals surface area (Å²) >= 11 is 0. The summed E-state index contributed by atoms with van der Waals surface area (Å²) in [6.45, 7) is 4.66. The Balaban J connectivity index is 1.85. The van der Waals surface area contributed by atoms with E-state index in [4.69, 9.17) is 4.74 Å². The molecule has 0 radical (unpaired) electrons. The van der Waals surface area contributed by atoms with Crippen molar-refractivity contribution in [1.29, 1.82) is 0 Å². The van der Waals surface area contributed by atoms with Gasteiger partial charge in [0.25, 0.3) is 0 Å². The van der Waals surface area contributed by atoms with Gasteiger partial charge in [0.2, 0.25) is 0 Å². The minimum atomic E-state index is 0.632. The van der Waals surface area contributed by atoms with Gasteiger partial charge in [-0.3, -0.25) is 0 Å². The zero-order valence-electron chi connectivity index (χ0n) is 8.25. The number of ether oxygens (including phenoxy) is 1. The first kappa shape index (κ1) is 8.55. The van der Waals surface area contributed by atoms with Crippen LogP contribution in [0.1, 0.15) is 46.0 Å². The highest BCUT2D eigenvalue weighted by Gasteiger charge is 2.34. The highest BCUT2D eigenvalue weighted by molar-refractivity contribution is 4.84. The third-order valence-electron chi connectivity index (χ3n) is 3.19. The zero-order valence-corrected chi connectivity index (χ0v) is 8.25. The van der Waals surface area contributed by atoms with Gasteiger partial charge >= 0.3 is 0 Å². The van der Waals surface area contributed by atoms with E-state index in [2.05, 4.69) is 13.8 Å². The topological polar surface area (TPSA) is 9.23 Å². The predicted molar refractivity (Wildman–Crippen MR) is 50.1 cm³/mol. The van der Waals surface area contributed by atoms with Crippen LogP contribution in [0.15, 0.2) is 0 Å². The molecule has 0 aliphatic carbocycles. The molecule has 2 aliphatic rings. The molecule has 2 aliphatic heterocycles. The molecule has 2 unspecified atom stereocenters. The van der Waals surface area contributed by atoms with Gasteiger partial charge in [-0.15, -0.1) is 0 Å². The maximum Gasteiger partial charge on any atom is 0.0582 e. The molecule has 2 rings (SSSR count). The first-order valence-corrected chi connectivity index (χ1v) is 5.39. The fourth-order valence-corrected chi connectivity index (χ4v) is 2.83. The summed E-state index contributed by atoms with van der Waals surface area (Å²) in [5.41, 5.74) is 0. The molecule has 1 heteroatoms.